The minimum absolute atomic E-state index is 0.0984. The molecule has 17 heavy (non-hydrogen) atoms. The highest BCUT2D eigenvalue weighted by molar-refractivity contribution is 7.80. The van der Waals surface area contributed by atoms with Crippen LogP contribution in [0.3, 0.4) is 0 Å². The maximum Gasteiger partial charge on any atom is 0.337 e. The van der Waals surface area contributed by atoms with Gasteiger partial charge < -0.3 is 10.2 Å². The third-order valence-electron chi connectivity index (χ3n) is 2.22. The largest absolute Gasteiger partial charge is 0.479 e. The Hall–Kier alpha value is -1.04. The molecule has 1 aromatic rings. The lowest BCUT2D eigenvalue weighted by Gasteiger charge is -2.11. The fourth-order valence-corrected chi connectivity index (χ4v) is 1.93. The first-order chi connectivity index (χ1) is 7.99. The van der Waals surface area contributed by atoms with E-state index in [9.17, 15) is 14.7 Å². The van der Waals surface area contributed by atoms with E-state index in [1.807, 2.05) is 0 Å². The predicted molar refractivity (Wildman–Crippen MR) is 66.0 cm³/mol. The van der Waals surface area contributed by atoms with E-state index in [0.29, 0.717) is 0 Å². The van der Waals surface area contributed by atoms with Gasteiger partial charge in [-0.05, 0) is 0 Å². The van der Waals surface area contributed by atoms with E-state index in [1.165, 1.54) is 18.2 Å². The normalized spacial score (nSPS) is 12.2. The molecule has 1 rings (SSSR count). The average molecular weight is 275 g/mol. The highest BCUT2D eigenvalue weighted by Crippen LogP contribution is 2.26. The number of aliphatic carboxylic acids is 1. The van der Waals surface area contributed by atoms with Gasteiger partial charge in [0.05, 0.1) is 0 Å². The van der Waals surface area contributed by atoms with Gasteiger partial charge in [-0.2, -0.15) is 0 Å². The van der Waals surface area contributed by atoms with E-state index >= 15 is 0 Å². The van der Waals surface area contributed by atoms with Crippen molar-refractivity contribution in [3.8, 4) is 0 Å². The third kappa shape index (κ3) is 3.21. The van der Waals surface area contributed by atoms with Gasteiger partial charge in [-0.3, -0.25) is 4.79 Å². The molecule has 0 aliphatic carbocycles. The number of Topliss-reactive ketones (excluding diaryl/α,β-unsaturated/α-hetero) is 1. The summed E-state index contributed by atoms with van der Waals surface area (Å²) in [6.45, 7) is 0. The van der Waals surface area contributed by atoms with Crippen LogP contribution in [-0.4, -0.2) is 27.8 Å². The van der Waals surface area contributed by atoms with Crippen molar-refractivity contribution in [2.24, 2.45) is 0 Å². The summed E-state index contributed by atoms with van der Waals surface area (Å²) in [4.78, 5) is 22.5. The average Bonchev–Trinajstić information content (AvgIpc) is 2.28. The van der Waals surface area contributed by atoms with E-state index in [-0.39, 0.29) is 34.1 Å². The van der Waals surface area contributed by atoms with Crippen LogP contribution in [0.1, 0.15) is 28.4 Å². The molecule has 4 nitrogen and oxygen atoms in total. The number of hydrogen-bond acceptors (Lipinski definition) is 4. The quantitative estimate of drug-likeness (QED) is 0.436. The van der Waals surface area contributed by atoms with Crippen molar-refractivity contribution in [1.82, 2.24) is 0 Å². The summed E-state index contributed by atoms with van der Waals surface area (Å²) in [5.41, 5.74) is 0.369. The van der Waals surface area contributed by atoms with E-state index in [0.717, 1.165) is 0 Å². The second-order valence-corrected chi connectivity index (χ2v) is 4.17. The first-order valence-corrected chi connectivity index (χ1v) is 5.79. The monoisotopic (exact) mass is 274 g/mol. The maximum atomic E-state index is 11.6. The zero-order chi connectivity index (χ0) is 13.0. The minimum Gasteiger partial charge on any atom is -0.479 e. The number of benzene rings is 1. The lowest BCUT2D eigenvalue weighted by Crippen LogP contribution is -2.13. The molecule has 1 atom stereocenters. The fourth-order valence-electron chi connectivity index (χ4n) is 1.36. The van der Waals surface area contributed by atoms with Crippen LogP contribution in [0.15, 0.2) is 23.1 Å². The molecular formula is C11H11ClO4S. The van der Waals surface area contributed by atoms with Crippen molar-refractivity contribution in [3.63, 3.8) is 0 Å². The third-order valence-corrected chi connectivity index (χ3v) is 2.91. The van der Waals surface area contributed by atoms with Crippen LogP contribution in [0.25, 0.3) is 0 Å². The summed E-state index contributed by atoms with van der Waals surface area (Å²) in [7, 11) is 0. The SMILES string of the molecule is O=C(CCCl)c1cccc(C(O)C(=O)O)c1S. The zero-order valence-electron chi connectivity index (χ0n) is 8.76. The number of rotatable bonds is 5. The number of carboxylic acid groups (broad SMARTS) is 1. The molecule has 2 N–H and O–H groups in total. The van der Waals surface area contributed by atoms with Crippen molar-refractivity contribution < 1.29 is 19.8 Å². The number of hydrogen-bond donors (Lipinski definition) is 3. The lowest BCUT2D eigenvalue weighted by molar-refractivity contribution is -0.147. The van der Waals surface area contributed by atoms with Crippen LogP contribution >= 0.6 is 24.2 Å². The molecule has 0 amide bonds. The van der Waals surface area contributed by atoms with Gasteiger partial charge in [-0.1, -0.05) is 18.2 Å². The number of carbonyl (C=O) groups is 2. The second kappa shape index (κ2) is 6.05. The van der Waals surface area contributed by atoms with Gasteiger partial charge in [0.2, 0.25) is 0 Å². The highest BCUT2D eigenvalue weighted by atomic mass is 35.5. The Bertz CT molecular complexity index is 447. The number of alkyl halides is 1. The van der Waals surface area contributed by atoms with Crippen molar-refractivity contribution in [1.29, 1.82) is 0 Å². The van der Waals surface area contributed by atoms with Crippen LogP contribution in [0.2, 0.25) is 0 Å². The molecule has 0 saturated carbocycles. The van der Waals surface area contributed by atoms with Crippen molar-refractivity contribution in [3.05, 3.63) is 29.3 Å². The van der Waals surface area contributed by atoms with Gasteiger partial charge in [0, 0.05) is 28.3 Å². The van der Waals surface area contributed by atoms with Crippen LogP contribution in [0, 0.1) is 0 Å². The first-order valence-electron chi connectivity index (χ1n) is 4.81. The highest BCUT2D eigenvalue weighted by Gasteiger charge is 2.21. The Kier molecular flexibility index (Phi) is 4.99. The molecule has 0 aliphatic heterocycles. The summed E-state index contributed by atoms with van der Waals surface area (Å²) in [5, 5.41) is 18.1. The number of carbonyl (C=O) groups excluding carboxylic acids is 1. The molecule has 92 valence electrons. The van der Waals surface area contributed by atoms with Crippen LogP contribution in [-0.2, 0) is 4.79 Å². The van der Waals surface area contributed by atoms with E-state index < -0.39 is 12.1 Å². The molecule has 0 aromatic heterocycles. The Labute approximate surface area is 109 Å². The maximum absolute atomic E-state index is 11.6. The molecule has 0 spiro atoms. The summed E-state index contributed by atoms with van der Waals surface area (Å²) in [6.07, 6.45) is -1.55. The Balaban J connectivity index is 3.15. The zero-order valence-corrected chi connectivity index (χ0v) is 10.4. The van der Waals surface area contributed by atoms with E-state index in [2.05, 4.69) is 12.6 Å². The lowest BCUT2D eigenvalue weighted by atomic mass is 10.0. The Morgan fingerprint density at radius 2 is 2.06 bits per heavy atom. The van der Waals surface area contributed by atoms with Crippen molar-refractivity contribution >= 4 is 36.0 Å². The second-order valence-electron chi connectivity index (χ2n) is 3.35. The van der Waals surface area contributed by atoms with Crippen LogP contribution in [0.4, 0.5) is 0 Å². The smallest absolute Gasteiger partial charge is 0.337 e. The van der Waals surface area contributed by atoms with Crippen molar-refractivity contribution in [2.45, 2.75) is 17.4 Å². The number of aliphatic hydroxyl groups is 1. The molecular weight excluding hydrogens is 264 g/mol. The fraction of sp³-hybridized carbons (Fsp3) is 0.273. The molecule has 0 fully saturated rings. The van der Waals surface area contributed by atoms with Crippen LogP contribution < -0.4 is 0 Å². The first kappa shape index (κ1) is 14.0. The molecule has 6 heteroatoms. The summed E-state index contributed by atoms with van der Waals surface area (Å²) in [6, 6.07) is 4.44. The number of thiol groups is 1. The number of ketones is 1. The van der Waals surface area contributed by atoms with Gasteiger partial charge in [0.1, 0.15) is 0 Å². The standard InChI is InChI=1S/C11H11ClO4S/c12-5-4-8(13)6-2-1-3-7(10(6)17)9(14)11(15)16/h1-3,9,14,17H,4-5H2,(H,15,16). The van der Waals surface area contributed by atoms with Crippen molar-refractivity contribution in [2.75, 3.05) is 5.88 Å². The van der Waals surface area contributed by atoms with Crippen LogP contribution in [0.5, 0.6) is 0 Å². The van der Waals surface area contributed by atoms with E-state index in [4.69, 9.17) is 16.7 Å². The predicted octanol–water partition coefficient (Wildman–Crippen LogP) is 1.90. The van der Waals surface area contributed by atoms with Gasteiger partial charge >= 0.3 is 5.97 Å². The molecule has 1 unspecified atom stereocenters. The molecule has 0 saturated heterocycles. The van der Waals surface area contributed by atoms with Gasteiger partial charge in [-0.25, -0.2) is 4.79 Å². The number of carboxylic acids is 1. The number of halogens is 1. The van der Waals surface area contributed by atoms with Gasteiger partial charge in [-0.15, -0.1) is 24.2 Å². The Morgan fingerprint density at radius 3 is 2.59 bits per heavy atom. The summed E-state index contributed by atoms with van der Waals surface area (Å²) >= 11 is 9.55. The molecule has 0 bridgehead atoms. The van der Waals surface area contributed by atoms with E-state index in [1.54, 1.807) is 0 Å². The topological polar surface area (TPSA) is 74.6 Å². The summed E-state index contributed by atoms with van der Waals surface area (Å²) < 4.78 is 0. The van der Waals surface area contributed by atoms with Gasteiger partial charge in [0.15, 0.2) is 11.9 Å². The molecule has 0 aliphatic rings. The Morgan fingerprint density at radius 1 is 1.41 bits per heavy atom. The minimum atomic E-state index is -1.69. The summed E-state index contributed by atoms with van der Waals surface area (Å²) in [5.74, 6) is -1.44. The number of aliphatic hydroxyl groups excluding tert-OH is 1. The van der Waals surface area contributed by atoms with Gasteiger partial charge in [0.25, 0.3) is 0 Å². The molecule has 0 heterocycles. The molecule has 1 aromatic carbocycles. The molecule has 0 radical (unpaired) electrons.